The van der Waals surface area contributed by atoms with Gasteiger partial charge in [0.2, 0.25) is 0 Å². The van der Waals surface area contributed by atoms with Crippen LogP contribution in [-0.2, 0) is 6.54 Å². The summed E-state index contributed by atoms with van der Waals surface area (Å²) in [4.78, 5) is 13.4. The Balaban J connectivity index is 2.14. The summed E-state index contributed by atoms with van der Waals surface area (Å²) in [6.07, 6.45) is 3.59. The van der Waals surface area contributed by atoms with Crippen LogP contribution in [0.5, 0.6) is 0 Å². The second kappa shape index (κ2) is 6.34. The van der Waals surface area contributed by atoms with Gasteiger partial charge in [-0.3, -0.25) is 9.97 Å². The summed E-state index contributed by atoms with van der Waals surface area (Å²) < 4.78 is 0.936. The van der Waals surface area contributed by atoms with Gasteiger partial charge in [0.15, 0.2) is 0 Å². The maximum Gasteiger partial charge on any atom is 0.0896 e. The van der Waals surface area contributed by atoms with Gasteiger partial charge in [0, 0.05) is 34.7 Å². The van der Waals surface area contributed by atoms with Crippen molar-refractivity contribution in [2.75, 3.05) is 0 Å². The number of hydrogen-bond donors (Lipinski definition) is 1. The monoisotopic (exact) mass is 354 g/mol. The van der Waals surface area contributed by atoms with Crippen LogP contribution in [0.3, 0.4) is 0 Å². The Labute approximate surface area is 137 Å². The molecule has 22 heavy (non-hydrogen) atoms. The summed E-state index contributed by atoms with van der Waals surface area (Å²) in [5.74, 6) is 0. The van der Waals surface area contributed by atoms with Crippen molar-refractivity contribution in [3.63, 3.8) is 0 Å². The molecule has 0 unspecified atom stereocenters. The van der Waals surface area contributed by atoms with Crippen molar-refractivity contribution in [2.45, 2.75) is 13.5 Å². The molecule has 110 valence electrons. The third-order valence-electron chi connectivity index (χ3n) is 3.28. The number of aromatic nitrogens is 3. The van der Waals surface area contributed by atoms with E-state index in [1.807, 2.05) is 49.5 Å². The van der Waals surface area contributed by atoms with E-state index in [-0.39, 0.29) is 0 Å². The smallest absolute Gasteiger partial charge is 0.0896 e. The molecule has 0 saturated heterocycles. The Morgan fingerprint density at radius 3 is 2.59 bits per heavy atom. The molecule has 0 amide bonds. The Bertz CT molecular complexity index is 754. The van der Waals surface area contributed by atoms with Crippen LogP contribution in [0.15, 0.2) is 53.3 Å². The summed E-state index contributed by atoms with van der Waals surface area (Å²) in [5, 5.41) is 0. The van der Waals surface area contributed by atoms with Crippen LogP contribution in [0, 0.1) is 6.92 Å². The lowest BCUT2D eigenvalue weighted by atomic mass is 10.1. The highest BCUT2D eigenvalue weighted by atomic mass is 79.9. The van der Waals surface area contributed by atoms with Gasteiger partial charge in [0.1, 0.15) is 0 Å². The Hall–Kier alpha value is -2.11. The molecular formula is C17H15BrN4. The average molecular weight is 355 g/mol. The van der Waals surface area contributed by atoms with Gasteiger partial charge in [-0.1, -0.05) is 6.07 Å². The third-order valence-corrected chi connectivity index (χ3v) is 3.71. The first-order valence-corrected chi connectivity index (χ1v) is 7.71. The molecule has 2 N–H and O–H groups in total. The molecule has 0 aromatic carbocycles. The van der Waals surface area contributed by atoms with Crippen molar-refractivity contribution >= 4 is 15.9 Å². The quantitative estimate of drug-likeness (QED) is 0.777. The molecule has 0 aliphatic carbocycles. The molecular weight excluding hydrogens is 340 g/mol. The fourth-order valence-corrected chi connectivity index (χ4v) is 2.61. The summed E-state index contributed by atoms with van der Waals surface area (Å²) >= 11 is 3.45. The standard InChI is InChI=1S/C17H15BrN4/c1-11-3-2-4-16(21-11)17-7-12(6-15(8-19)22-17)13-5-14(18)10-20-9-13/h2-7,9-10H,8,19H2,1H3. The van der Waals surface area contributed by atoms with Crippen molar-refractivity contribution in [1.82, 2.24) is 15.0 Å². The molecule has 3 aromatic rings. The highest BCUT2D eigenvalue weighted by Crippen LogP contribution is 2.26. The zero-order valence-corrected chi connectivity index (χ0v) is 13.7. The largest absolute Gasteiger partial charge is 0.325 e. The maximum absolute atomic E-state index is 5.80. The predicted molar refractivity (Wildman–Crippen MR) is 91.0 cm³/mol. The van der Waals surface area contributed by atoms with E-state index in [9.17, 15) is 0 Å². The van der Waals surface area contributed by atoms with E-state index in [2.05, 4.69) is 30.9 Å². The zero-order chi connectivity index (χ0) is 15.5. The molecule has 0 bridgehead atoms. The SMILES string of the molecule is Cc1cccc(-c2cc(-c3cncc(Br)c3)cc(CN)n2)n1. The van der Waals surface area contributed by atoms with E-state index in [1.54, 1.807) is 6.20 Å². The van der Waals surface area contributed by atoms with E-state index in [0.29, 0.717) is 6.54 Å². The minimum absolute atomic E-state index is 0.383. The minimum Gasteiger partial charge on any atom is -0.325 e. The molecule has 3 rings (SSSR count). The first kappa shape index (κ1) is 14.8. The molecule has 0 spiro atoms. The average Bonchev–Trinajstić information content (AvgIpc) is 2.54. The van der Waals surface area contributed by atoms with Crippen LogP contribution in [0.1, 0.15) is 11.4 Å². The zero-order valence-electron chi connectivity index (χ0n) is 12.1. The van der Waals surface area contributed by atoms with Crippen molar-refractivity contribution in [1.29, 1.82) is 0 Å². The topological polar surface area (TPSA) is 64.7 Å². The Morgan fingerprint density at radius 2 is 1.86 bits per heavy atom. The number of rotatable bonds is 3. The van der Waals surface area contributed by atoms with E-state index >= 15 is 0 Å². The Kier molecular flexibility index (Phi) is 4.27. The van der Waals surface area contributed by atoms with Gasteiger partial charge in [-0.25, -0.2) is 4.98 Å². The molecule has 3 heterocycles. The second-order valence-electron chi connectivity index (χ2n) is 4.99. The lowest BCUT2D eigenvalue weighted by Gasteiger charge is -2.09. The summed E-state index contributed by atoms with van der Waals surface area (Å²) in [7, 11) is 0. The van der Waals surface area contributed by atoms with Gasteiger partial charge in [-0.15, -0.1) is 0 Å². The minimum atomic E-state index is 0.383. The number of nitrogens with two attached hydrogens (primary N) is 1. The van der Waals surface area contributed by atoms with Crippen molar-refractivity contribution in [3.05, 3.63) is 64.7 Å². The van der Waals surface area contributed by atoms with E-state index < -0.39 is 0 Å². The van der Waals surface area contributed by atoms with Crippen LogP contribution in [0.25, 0.3) is 22.5 Å². The van der Waals surface area contributed by atoms with Crippen molar-refractivity contribution in [3.8, 4) is 22.5 Å². The molecule has 0 aliphatic rings. The van der Waals surface area contributed by atoms with Crippen molar-refractivity contribution in [2.24, 2.45) is 5.73 Å². The van der Waals surface area contributed by atoms with Crippen LogP contribution < -0.4 is 5.73 Å². The molecule has 0 fully saturated rings. The van der Waals surface area contributed by atoms with Gasteiger partial charge in [-0.05, 0) is 58.7 Å². The molecule has 4 nitrogen and oxygen atoms in total. The number of hydrogen-bond acceptors (Lipinski definition) is 4. The number of halogens is 1. The van der Waals surface area contributed by atoms with Gasteiger partial charge in [0.25, 0.3) is 0 Å². The predicted octanol–water partition coefficient (Wildman–Crippen LogP) is 3.74. The maximum atomic E-state index is 5.80. The van der Waals surface area contributed by atoms with Gasteiger partial charge in [0.05, 0.1) is 17.1 Å². The fraction of sp³-hybridized carbons (Fsp3) is 0.118. The highest BCUT2D eigenvalue weighted by molar-refractivity contribution is 9.10. The van der Waals surface area contributed by atoms with E-state index in [1.165, 1.54) is 0 Å². The van der Waals surface area contributed by atoms with E-state index in [0.717, 1.165) is 38.4 Å². The van der Waals surface area contributed by atoms with Crippen molar-refractivity contribution < 1.29 is 0 Å². The lowest BCUT2D eigenvalue weighted by molar-refractivity contribution is 0.990. The molecule has 3 aromatic heterocycles. The highest BCUT2D eigenvalue weighted by Gasteiger charge is 2.08. The normalized spacial score (nSPS) is 10.7. The second-order valence-corrected chi connectivity index (χ2v) is 5.91. The first-order valence-electron chi connectivity index (χ1n) is 6.92. The molecule has 0 radical (unpaired) electrons. The molecule has 5 heteroatoms. The number of pyridine rings is 3. The van der Waals surface area contributed by atoms with Gasteiger partial charge in [-0.2, -0.15) is 0 Å². The van der Waals surface area contributed by atoms with Crippen LogP contribution >= 0.6 is 15.9 Å². The third kappa shape index (κ3) is 3.21. The fourth-order valence-electron chi connectivity index (χ4n) is 2.25. The lowest BCUT2D eigenvalue weighted by Crippen LogP contribution is -2.02. The first-order chi connectivity index (χ1) is 10.7. The van der Waals surface area contributed by atoms with Gasteiger partial charge < -0.3 is 5.73 Å². The van der Waals surface area contributed by atoms with E-state index in [4.69, 9.17) is 5.73 Å². The summed E-state index contributed by atoms with van der Waals surface area (Å²) in [5.41, 5.74) is 11.3. The summed E-state index contributed by atoms with van der Waals surface area (Å²) in [6.45, 7) is 2.35. The molecule has 0 saturated carbocycles. The molecule has 0 aliphatic heterocycles. The van der Waals surface area contributed by atoms with Crippen LogP contribution in [0.4, 0.5) is 0 Å². The van der Waals surface area contributed by atoms with Gasteiger partial charge >= 0.3 is 0 Å². The molecule has 0 atom stereocenters. The van der Waals surface area contributed by atoms with Crippen LogP contribution in [-0.4, -0.2) is 15.0 Å². The number of aryl methyl sites for hydroxylation is 1. The number of nitrogens with zero attached hydrogens (tertiary/aromatic N) is 3. The summed E-state index contributed by atoms with van der Waals surface area (Å²) in [6, 6.07) is 11.9. The Morgan fingerprint density at radius 1 is 1.00 bits per heavy atom. The van der Waals surface area contributed by atoms with Crippen LogP contribution in [0.2, 0.25) is 0 Å².